The number of aliphatic hydroxyl groups excluding tert-OH is 1. The summed E-state index contributed by atoms with van der Waals surface area (Å²) in [6, 6.07) is 4.39. The van der Waals surface area contributed by atoms with Crippen LogP contribution in [0, 0.1) is 5.92 Å². The number of aliphatic hydroxyl groups is 1. The summed E-state index contributed by atoms with van der Waals surface area (Å²) in [7, 11) is 0. The zero-order valence-electron chi connectivity index (χ0n) is 9.35. The molecule has 0 aromatic carbocycles. The second-order valence-corrected chi connectivity index (χ2v) is 4.52. The summed E-state index contributed by atoms with van der Waals surface area (Å²) < 4.78 is 0. The van der Waals surface area contributed by atoms with Gasteiger partial charge in [-0.15, -0.1) is 0 Å². The Morgan fingerprint density at radius 1 is 1.53 bits per heavy atom. The van der Waals surface area contributed by atoms with Gasteiger partial charge in [0.2, 0.25) is 0 Å². The van der Waals surface area contributed by atoms with Crippen LogP contribution in [-0.4, -0.2) is 22.7 Å². The topological polar surface area (TPSA) is 36.4 Å². The molecule has 2 atom stereocenters. The normalized spacial score (nSPS) is 25.9. The highest BCUT2D eigenvalue weighted by Crippen LogP contribution is 2.27. The predicted octanol–water partition coefficient (Wildman–Crippen LogP) is 1.81. The molecular weight excluding hydrogens is 188 g/mol. The number of nitrogens with zero attached hydrogens (tertiary/aromatic N) is 2. The van der Waals surface area contributed by atoms with Crippen LogP contribution in [0.25, 0.3) is 0 Å². The fourth-order valence-corrected chi connectivity index (χ4v) is 2.34. The molecule has 1 saturated heterocycles. The zero-order chi connectivity index (χ0) is 10.8. The lowest BCUT2D eigenvalue weighted by atomic mass is 10.1. The monoisotopic (exact) mass is 206 g/mol. The number of hydrogen-bond acceptors (Lipinski definition) is 3. The standard InChI is InChI=1S/C12H18N2O/c1-9-5-10(2)14(7-9)12-6-11(8-15)3-4-13-12/h3-4,6,9-10,15H,5,7-8H2,1-2H3. The van der Waals surface area contributed by atoms with E-state index in [9.17, 15) is 0 Å². The molecular formula is C12H18N2O. The highest BCUT2D eigenvalue weighted by Gasteiger charge is 2.26. The third kappa shape index (κ3) is 2.12. The van der Waals surface area contributed by atoms with Crippen LogP contribution in [-0.2, 0) is 6.61 Å². The molecule has 0 aliphatic carbocycles. The summed E-state index contributed by atoms with van der Waals surface area (Å²) in [5.41, 5.74) is 0.937. The van der Waals surface area contributed by atoms with E-state index in [1.54, 1.807) is 6.20 Å². The van der Waals surface area contributed by atoms with Gasteiger partial charge in [0.25, 0.3) is 0 Å². The molecule has 1 N–H and O–H groups in total. The van der Waals surface area contributed by atoms with Gasteiger partial charge in [0, 0.05) is 18.8 Å². The van der Waals surface area contributed by atoms with Gasteiger partial charge in [-0.05, 0) is 37.0 Å². The van der Waals surface area contributed by atoms with E-state index in [1.807, 2.05) is 12.1 Å². The number of pyridine rings is 1. The molecule has 82 valence electrons. The minimum absolute atomic E-state index is 0.0906. The largest absolute Gasteiger partial charge is 0.392 e. The molecule has 1 aliphatic heterocycles. The lowest BCUT2D eigenvalue weighted by Gasteiger charge is -2.22. The third-order valence-electron chi connectivity index (χ3n) is 3.07. The highest BCUT2D eigenvalue weighted by molar-refractivity contribution is 5.43. The lowest BCUT2D eigenvalue weighted by molar-refractivity contribution is 0.281. The van der Waals surface area contributed by atoms with E-state index in [1.165, 1.54) is 6.42 Å². The Balaban J connectivity index is 2.21. The average Bonchev–Trinajstić information content (AvgIpc) is 2.58. The van der Waals surface area contributed by atoms with E-state index in [0.29, 0.717) is 6.04 Å². The maximum atomic E-state index is 9.08. The third-order valence-corrected chi connectivity index (χ3v) is 3.07. The SMILES string of the molecule is CC1CC(C)N(c2cc(CO)ccn2)C1. The molecule has 2 unspecified atom stereocenters. The van der Waals surface area contributed by atoms with Crippen molar-refractivity contribution in [3.63, 3.8) is 0 Å². The van der Waals surface area contributed by atoms with E-state index in [0.717, 1.165) is 23.8 Å². The Morgan fingerprint density at radius 2 is 2.33 bits per heavy atom. The summed E-state index contributed by atoms with van der Waals surface area (Å²) in [4.78, 5) is 6.69. The van der Waals surface area contributed by atoms with Crippen molar-refractivity contribution in [3.05, 3.63) is 23.9 Å². The van der Waals surface area contributed by atoms with Gasteiger partial charge < -0.3 is 10.0 Å². The van der Waals surface area contributed by atoms with Gasteiger partial charge in [0.15, 0.2) is 0 Å². The first kappa shape index (κ1) is 10.4. The van der Waals surface area contributed by atoms with Crippen molar-refractivity contribution in [2.75, 3.05) is 11.4 Å². The quantitative estimate of drug-likeness (QED) is 0.801. The van der Waals surface area contributed by atoms with Crippen LogP contribution >= 0.6 is 0 Å². The van der Waals surface area contributed by atoms with E-state index in [2.05, 4.69) is 23.7 Å². The van der Waals surface area contributed by atoms with Gasteiger partial charge in [0.05, 0.1) is 6.61 Å². The van der Waals surface area contributed by atoms with Crippen molar-refractivity contribution in [3.8, 4) is 0 Å². The van der Waals surface area contributed by atoms with Crippen LogP contribution in [0.15, 0.2) is 18.3 Å². The van der Waals surface area contributed by atoms with Gasteiger partial charge in [-0.3, -0.25) is 0 Å². The van der Waals surface area contributed by atoms with E-state index in [-0.39, 0.29) is 6.61 Å². The second kappa shape index (κ2) is 4.19. The van der Waals surface area contributed by atoms with Crippen molar-refractivity contribution in [2.24, 2.45) is 5.92 Å². The second-order valence-electron chi connectivity index (χ2n) is 4.52. The molecule has 1 aliphatic rings. The molecule has 0 bridgehead atoms. The first-order chi connectivity index (χ1) is 7.20. The molecule has 3 nitrogen and oxygen atoms in total. The molecule has 0 radical (unpaired) electrons. The van der Waals surface area contributed by atoms with Crippen LogP contribution in [0.4, 0.5) is 5.82 Å². The first-order valence-corrected chi connectivity index (χ1v) is 5.53. The van der Waals surface area contributed by atoms with Crippen LogP contribution in [0.3, 0.4) is 0 Å². The lowest BCUT2D eigenvalue weighted by Crippen LogP contribution is -2.27. The molecule has 3 heteroatoms. The summed E-state index contributed by atoms with van der Waals surface area (Å²) >= 11 is 0. The van der Waals surface area contributed by atoms with Crippen molar-refractivity contribution in [1.29, 1.82) is 0 Å². The molecule has 15 heavy (non-hydrogen) atoms. The van der Waals surface area contributed by atoms with E-state index >= 15 is 0 Å². The minimum Gasteiger partial charge on any atom is -0.392 e. The number of anilines is 1. The van der Waals surface area contributed by atoms with Gasteiger partial charge >= 0.3 is 0 Å². The summed E-state index contributed by atoms with van der Waals surface area (Å²) in [6.07, 6.45) is 3.00. The zero-order valence-corrected chi connectivity index (χ0v) is 9.35. The minimum atomic E-state index is 0.0906. The molecule has 1 aromatic rings. The van der Waals surface area contributed by atoms with E-state index < -0.39 is 0 Å². The fraction of sp³-hybridized carbons (Fsp3) is 0.583. The van der Waals surface area contributed by atoms with Crippen LogP contribution in [0.2, 0.25) is 0 Å². The van der Waals surface area contributed by atoms with Gasteiger partial charge in [-0.2, -0.15) is 0 Å². The molecule has 2 heterocycles. The van der Waals surface area contributed by atoms with Gasteiger partial charge in [-0.1, -0.05) is 6.92 Å². The van der Waals surface area contributed by atoms with Gasteiger partial charge in [-0.25, -0.2) is 4.98 Å². The van der Waals surface area contributed by atoms with E-state index in [4.69, 9.17) is 5.11 Å². The molecule has 1 aromatic heterocycles. The number of aromatic nitrogens is 1. The summed E-state index contributed by atoms with van der Waals surface area (Å²) in [6.45, 7) is 5.67. The molecule has 1 fully saturated rings. The Morgan fingerprint density at radius 3 is 2.93 bits per heavy atom. The van der Waals surface area contributed by atoms with Crippen molar-refractivity contribution < 1.29 is 5.11 Å². The van der Waals surface area contributed by atoms with Crippen LogP contribution in [0.1, 0.15) is 25.8 Å². The Hall–Kier alpha value is -1.09. The maximum Gasteiger partial charge on any atom is 0.129 e. The predicted molar refractivity (Wildman–Crippen MR) is 60.7 cm³/mol. The average molecular weight is 206 g/mol. The van der Waals surface area contributed by atoms with Crippen molar-refractivity contribution in [2.45, 2.75) is 32.9 Å². The van der Waals surface area contributed by atoms with Crippen LogP contribution in [0.5, 0.6) is 0 Å². The Kier molecular flexibility index (Phi) is 2.91. The maximum absolute atomic E-state index is 9.08. The molecule has 0 spiro atoms. The summed E-state index contributed by atoms with van der Waals surface area (Å²) in [5, 5.41) is 9.08. The molecule has 0 saturated carbocycles. The molecule has 2 rings (SSSR count). The Bertz CT molecular complexity index is 340. The number of rotatable bonds is 2. The highest BCUT2D eigenvalue weighted by atomic mass is 16.3. The Labute approximate surface area is 90.8 Å². The first-order valence-electron chi connectivity index (χ1n) is 5.53. The van der Waals surface area contributed by atoms with Crippen LogP contribution < -0.4 is 4.90 Å². The fourth-order valence-electron chi connectivity index (χ4n) is 2.34. The smallest absolute Gasteiger partial charge is 0.129 e. The van der Waals surface area contributed by atoms with Gasteiger partial charge in [0.1, 0.15) is 5.82 Å². The van der Waals surface area contributed by atoms with Crippen molar-refractivity contribution in [1.82, 2.24) is 4.98 Å². The number of hydrogen-bond donors (Lipinski definition) is 1. The van der Waals surface area contributed by atoms with Crippen molar-refractivity contribution >= 4 is 5.82 Å². The molecule has 0 amide bonds. The summed E-state index contributed by atoms with van der Waals surface area (Å²) in [5.74, 6) is 1.73.